The van der Waals surface area contributed by atoms with E-state index in [4.69, 9.17) is 15.2 Å². The molecule has 0 bridgehead atoms. The maximum Gasteiger partial charge on any atom is 0.163 e. The van der Waals surface area contributed by atoms with Crippen LogP contribution in [0.4, 0.5) is 0 Å². The third kappa shape index (κ3) is 2.89. The van der Waals surface area contributed by atoms with Crippen LogP contribution in [0.3, 0.4) is 0 Å². The van der Waals surface area contributed by atoms with Crippen LogP contribution in [0.25, 0.3) is 0 Å². The zero-order chi connectivity index (χ0) is 12.0. The largest absolute Gasteiger partial charge is 0.493 e. The first-order chi connectivity index (χ1) is 7.76. The van der Waals surface area contributed by atoms with E-state index in [1.807, 2.05) is 6.07 Å². The van der Waals surface area contributed by atoms with Gasteiger partial charge < -0.3 is 15.2 Å². The lowest BCUT2D eigenvalue weighted by molar-refractivity contribution is 0.351. The highest BCUT2D eigenvalue weighted by molar-refractivity contribution is 5.49. The lowest BCUT2D eigenvalue weighted by Gasteiger charge is -2.14. The Labute approximate surface area is 97.6 Å². The Morgan fingerprint density at radius 1 is 1.12 bits per heavy atom. The zero-order valence-corrected chi connectivity index (χ0v) is 10.4. The standard InChI is InChI=1S/C13H21NO2/c1-4-5-11-8-10(6-7-14)9-12(15-2)13(11)16-3/h8-9H,4-7,14H2,1-3H3. The number of nitrogens with two attached hydrogens (primary N) is 1. The first kappa shape index (κ1) is 12.8. The van der Waals surface area contributed by atoms with Crippen LogP contribution in [0, 0.1) is 0 Å². The molecule has 0 atom stereocenters. The number of benzene rings is 1. The topological polar surface area (TPSA) is 44.5 Å². The summed E-state index contributed by atoms with van der Waals surface area (Å²) in [6, 6.07) is 4.17. The molecule has 90 valence electrons. The summed E-state index contributed by atoms with van der Waals surface area (Å²) in [6.45, 7) is 2.81. The molecule has 0 spiro atoms. The first-order valence-corrected chi connectivity index (χ1v) is 5.70. The molecular formula is C13H21NO2. The molecule has 0 saturated carbocycles. The van der Waals surface area contributed by atoms with Crippen molar-refractivity contribution in [1.29, 1.82) is 0 Å². The first-order valence-electron chi connectivity index (χ1n) is 5.70. The molecule has 16 heavy (non-hydrogen) atoms. The van der Waals surface area contributed by atoms with E-state index in [0.29, 0.717) is 6.54 Å². The van der Waals surface area contributed by atoms with Gasteiger partial charge in [0, 0.05) is 0 Å². The Hall–Kier alpha value is -1.22. The van der Waals surface area contributed by atoms with E-state index >= 15 is 0 Å². The second-order valence-electron chi connectivity index (χ2n) is 3.78. The maximum atomic E-state index is 5.57. The smallest absolute Gasteiger partial charge is 0.163 e. The van der Waals surface area contributed by atoms with Gasteiger partial charge >= 0.3 is 0 Å². The summed E-state index contributed by atoms with van der Waals surface area (Å²) in [4.78, 5) is 0. The van der Waals surface area contributed by atoms with E-state index in [1.54, 1.807) is 14.2 Å². The number of hydrogen-bond acceptors (Lipinski definition) is 3. The van der Waals surface area contributed by atoms with Crippen LogP contribution in [0.2, 0.25) is 0 Å². The van der Waals surface area contributed by atoms with Crippen molar-refractivity contribution in [3.05, 3.63) is 23.3 Å². The zero-order valence-electron chi connectivity index (χ0n) is 10.4. The number of aryl methyl sites for hydroxylation is 1. The Balaban J connectivity index is 3.14. The Bertz CT molecular complexity index is 337. The molecule has 0 aliphatic carbocycles. The van der Waals surface area contributed by atoms with Gasteiger partial charge in [-0.2, -0.15) is 0 Å². The molecule has 0 fully saturated rings. The number of ether oxygens (including phenoxy) is 2. The lowest BCUT2D eigenvalue weighted by Crippen LogP contribution is -2.05. The molecule has 3 heteroatoms. The van der Waals surface area contributed by atoms with Gasteiger partial charge in [0.05, 0.1) is 14.2 Å². The molecule has 1 rings (SSSR count). The normalized spacial score (nSPS) is 10.2. The molecule has 0 saturated heterocycles. The van der Waals surface area contributed by atoms with Crippen molar-refractivity contribution in [3.8, 4) is 11.5 Å². The Kier molecular flexibility index (Phi) is 5.12. The molecular weight excluding hydrogens is 202 g/mol. The van der Waals surface area contributed by atoms with Crippen LogP contribution < -0.4 is 15.2 Å². The van der Waals surface area contributed by atoms with Gasteiger partial charge in [0.2, 0.25) is 0 Å². The van der Waals surface area contributed by atoms with Gasteiger partial charge in [-0.05, 0) is 36.6 Å². The molecule has 2 N–H and O–H groups in total. The van der Waals surface area contributed by atoms with Crippen LogP contribution in [0.5, 0.6) is 11.5 Å². The van der Waals surface area contributed by atoms with Crippen molar-refractivity contribution < 1.29 is 9.47 Å². The molecule has 1 aromatic carbocycles. The van der Waals surface area contributed by atoms with Gasteiger partial charge in [-0.15, -0.1) is 0 Å². The van der Waals surface area contributed by atoms with Crippen LogP contribution in [-0.2, 0) is 12.8 Å². The third-order valence-electron chi connectivity index (χ3n) is 2.57. The van der Waals surface area contributed by atoms with Gasteiger partial charge in [0.25, 0.3) is 0 Å². The minimum atomic E-state index is 0.654. The number of methoxy groups -OCH3 is 2. The Morgan fingerprint density at radius 3 is 2.38 bits per heavy atom. The molecule has 0 aliphatic rings. The highest BCUT2D eigenvalue weighted by Crippen LogP contribution is 2.33. The molecule has 0 heterocycles. The number of rotatable bonds is 6. The van der Waals surface area contributed by atoms with Crippen LogP contribution in [-0.4, -0.2) is 20.8 Å². The van der Waals surface area contributed by atoms with E-state index in [-0.39, 0.29) is 0 Å². The monoisotopic (exact) mass is 223 g/mol. The quantitative estimate of drug-likeness (QED) is 0.803. The fourth-order valence-corrected chi connectivity index (χ4v) is 1.87. The molecule has 0 unspecified atom stereocenters. The minimum Gasteiger partial charge on any atom is -0.493 e. The van der Waals surface area contributed by atoms with E-state index in [2.05, 4.69) is 13.0 Å². The van der Waals surface area contributed by atoms with Crippen molar-refractivity contribution >= 4 is 0 Å². The van der Waals surface area contributed by atoms with Gasteiger partial charge in [-0.25, -0.2) is 0 Å². The predicted molar refractivity (Wildman–Crippen MR) is 66.3 cm³/mol. The van der Waals surface area contributed by atoms with Crippen molar-refractivity contribution in [2.24, 2.45) is 5.73 Å². The summed E-state index contributed by atoms with van der Waals surface area (Å²) in [5.41, 5.74) is 7.99. The molecule has 3 nitrogen and oxygen atoms in total. The average molecular weight is 223 g/mol. The van der Waals surface area contributed by atoms with Crippen molar-refractivity contribution in [3.63, 3.8) is 0 Å². The number of hydrogen-bond donors (Lipinski definition) is 1. The van der Waals surface area contributed by atoms with Gasteiger partial charge in [-0.3, -0.25) is 0 Å². The minimum absolute atomic E-state index is 0.654. The van der Waals surface area contributed by atoms with Gasteiger partial charge in [0.1, 0.15) is 0 Å². The average Bonchev–Trinajstić information content (AvgIpc) is 2.29. The van der Waals surface area contributed by atoms with Gasteiger partial charge in [0.15, 0.2) is 11.5 Å². The molecule has 0 aromatic heterocycles. The predicted octanol–water partition coefficient (Wildman–Crippen LogP) is 2.16. The summed E-state index contributed by atoms with van der Waals surface area (Å²) in [7, 11) is 3.35. The van der Waals surface area contributed by atoms with Crippen molar-refractivity contribution in [2.45, 2.75) is 26.2 Å². The van der Waals surface area contributed by atoms with E-state index in [1.165, 1.54) is 11.1 Å². The van der Waals surface area contributed by atoms with E-state index in [0.717, 1.165) is 30.8 Å². The summed E-state index contributed by atoms with van der Waals surface area (Å²) in [5, 5.41) is 0. The fourth-order valence-electron chi connectivity index (χ4n) is 1.87. The lowest BCUT2D eigenvalue weighted by atomic mass is 10.0. The van der Waals surface area contributed by atoms with Crippen molar-refractivity contribution in [1.82, 2.24) is 0 Å². The van der Waals surface area contributed by atoms with Crippen LogP contribution in [0.15, 0.2) is 12.1 Å². The second-order valence-corrected chi connectivity index (χ2v) is 3.78. The van der Waals surface area contributed by atoms with Crippen LogP contribution >= 0.6 is 0 Å². The SMILES string of the molecule is CCCc1cc(CCN)cc(OC)c1OC. The maximum absolute atomic E-state index is 5.57. The van der Waals surface area contributed by atoms with Gasteiger partial charge in [-0.1, -0.05) is 19.4 Å². The van der Waals surface area contributed by atoms with E-state index < -0.39 is 0 Å². The molecule has 0 radical (unpaired) electrons. The summed E-state index contributed by atoms with van der Waals surface area (Å²) >= 11 is 0. The Morgan fingerprint density at radius 2 is 1.88 bits per heavy atom. The molecule has 1 aromatic rings. The molecule has 0 aliphatic heterocycles. The summed E-state index contributed by atoms with van der Waals surface area (Å²) in [6.07, 6.45) is 2.96. The highest BCUT2D eigenvalue weighted by Gasteiger charge is 2.11. The summed E-state index contributed by atoms with van der Waals surface area (Å²) in [5.74, 6) is 1.65. The second kappa shape index (κ2) is 6.38. The third-order valence-corrected chi connectivity index (χ3v) is 2.57. The highest BCUT2D eigenvalue weighted by atomic mass is 16.5. The molecule has 0 amide bonds. The fraction of sp³-hybridized carbons (Fsp3) is 0.538. The van der Waals surface area contributed by atoms with Crippen molar-refractivity contribution in [2.75, 3.05) is 20.8 Å². The summed E-state index contributed by atoms with van der Waals surface area (Å²) < 4.78 is 10.7. The van der Waals surface area contributed by atoms with Crippen LogP contribution in [0.1, 0.15) is 24.5 Å². The van der Waals surface area contributed by atoms with E-state index in [9.17, 15) is 0 Å².